The smallest absolute Gasteiger partial charge is 0.329 e. The van der Waals surface area contributed by atoms with E-state index < -0.39 is 42.3 Å². The minimum atomic E-state index is -1.31. The molecule has 0 aliphatic carbocycles. The molecule has 2 atom stereocenters. The van der Waals surface area contributed by atoms with Gasteiger partial charge in [0, 0.05) is 6.42 Å². The maximum Gasteiger partial charge on any atom is 0.329 e. The third-order valence-electron chi connectivity index (χ3n) is 5.64. The molecular weight excluding hydrogens is 500 g/mol. The minimum Gasteiger partial charge on any atom is -0.461 e. The third kappa shape index (κ3) is 10.4. The Bertz CT molecular complexity index is 1210. The number of benzene rings is 3. The Morgan fingerprint density at radius 3 is 1.72 bits per heavy atom. The zero-order valence-electron chi connectivity index (χ0n) is 21.4. The molecule has 0 aliphatic rings. The summed E-state index contributed by atoms with van der Waals surface area (Å²) in [5.74, 6) is 2.51. The highest BCUT2D eigenvalue weighted by Gasteiger charge is 2.30. The molecule has 3 rings (SSSR count). The van der Waals surface area contributed by atoms with Gasteiger partial charge in [-0.1, -0.05) is 91.0 Å². The number of nitrogens with two attached hydrogens (primary N) is 1. The van der Waals surface area contributed by atoms with Gasteiger partial charge >= 0.3 is 11.9 Å². The number of ether oxygens (including phenoxy) is 2. The first-order valence-electron chi connectivity index (χ1n) is 12.4. The van der Waals surface area contributed by atoms with E-state index in [1.165, 1.54) is 0 Å². The van der Waals surface area contributed by atoms with E-state index in [2.05, 4.69) is 16.1 Å². The monoisotopic (exact) mass is 532 g/mol. The van der Waals surface area contributed by atoms with Crippen LogP contribution >= 0.6 is 0 Å². The molecule has 0 heterocycles. The predicted octanol–water partition coefficient (Wildman–Crippen LogP) is 1.54. The molecule has 10 nitrogen and oxygen atoms in total. The second-order valence-electron chi connectivity index (χ2n) is 8.70. The van der Waals surface area contributed by atoms with E-state index in [1.807, 2.05) is 78.9 Å². The zero-order valence-corrected chi connectivity index (χ0v) is 21.4. The SMILES string of the molecule is NNCC(=O)N[C@@H](CC(=O)OCc1ccccc1)C(=O)N[C@@H](Cc1ccccc1)C(=O)OCc1ccccc1. The zero-order chi connectivity index (χ0) is 27.9. The second kappa shape index (κ2) is 15.7. The first-order valence-corrected chi connectivity index (χ1v) is 12.4. The molecule has 10 heteroatoms. The molecule has 39 heavy (non-hydrogen) atoms. The summed E-state index contributed by atoms with van der Waals surface area (Å²) in [5.41, 5.74) is 4.55. The van der Waals surface area contributed by atoms with E-state index in [4.69, 9.17) is 15.3 Å². The van der Waals surface area contributed by atoms with Crippen molar-refractivity contribution in [1.82, 2.24) is 16.1 Å². The lowest BCUT2D eigenvalue weighted by atomic mass is 10.0. The van der Waals surface area contributed by atoms with Crippen LogP contribution in [0.1, 0.15) is 23.1 Å². The van der Waals surface area contributed by atoms with E-state index in [1.54, 1.807) is 12.1 Å². The largest absolute Gasteiger partial charge is 0.461 e. The number of amides is 2. The van der Waals surface area contributed by atoms with Crippen molar-refractivity contribution in [3.8, 4) is 0 Å². The molecule has 0 saturated heterocycles. The van der Waals surface area contributed by atoms with Crippen molar-refractivity contribution in [3.05, 3.63) is 108 Å². The lowest BCUT2D eigenvalue weighted by Crippen LogP contribution is -2.54. The number of hydrogen-bond donors (Lipinski definition) is 4. The Kier molecular flexibility index (Phi) is 11.6. The van der Waals surface area contributed by atoms with Crippen molar-refractivity contribution in [1.29, 1.82) is 0 Å². The Balaban J connectivity index is 1.70. The van der Waals surface area contributed by atoms with Gasteiger partial charge in [-0.2, -0.15) is 0 Å². The van der Waals surface area contributed by atoms with Crippen LogP contribution in [0, 0.1) is 0 Å². The maximum atomic E-state index is 13.3. The van der Waals surface area contributed by atoms with Crippen molar-refractivity contribution < 1.29 is 28.7 Å². The number of hydrogen-bond acceptors (Lipinski definition) is 8. The summed E-state index contributed by atoms with van der Waals surface area (Å²) < 4.78 is 10.8. The van der Waals surface area contributed by atoms with Gasteiger partial charge in [0.15, 0.2) is 0 Å². The van der Waals surface area contributed by atoms with Gasteiger partial charge in [0.05, 0.1) is 13.0 Å². The molecule has 3 aromatic carbocycles. The van der Waals surface area contributed by atoms with Gasteiger partial charge in [0.25, 0.3) is 0 Å². The predicted molar refractivity (Wildman–Crippen MR) is 143 cm³/mol. The fourth-order valence-corrected chi connectivity index (χ4v) is 3.66. The molecule has 0 spiro atoms. The van der Waals surface area contributed by atoms with Crippen LogP contribution in [-0.4, -0.2) is 42.4 Å². The minimum absolute atomic E-state index is 0.00869. The third-order valence-corrected chi connectivity index (χ3v) is 5.64. The Morgan fingerprint density at radius 2 is 1.18 bits per heavy atom. The fourth-order valence-electron chi connectivity index (χ4n) is 3.66. The molecule has 0 fully saturated rings. The van der Waals surface area contributed by atoms with Crippen LogP contribution in [0.4, 0.5) is 0 Å². The van der Waals surface area contributed by atoms with E-state index in [0.717, 1.165) is 16.7 Å². The maximum absolute atomic E-state index is 13.3. The van der Waals surface area contributed by atoms with Gasteiger partial charge in [-0.25, -0.2) is 4.79 Å². The molecule has 0 radical (unpaired) electrons. The van der Waals surface area contributed by atoms with Crippen molar-refractivity contribution in [3.63, 3.8) is 0 Å². The van der Waals surface area contributed by atoms with Crippen LogP contribution < -0.4 is 21.9 Å². The standard InChI is InChI=1S/C29H32N4O6/c30-31-18-26(34)32-24(17-27(35)38-19-22-12-6-2-7-13-22)28(36)33-25(16-21-10-4-1-5-11-21)29(37)39-20-23-14-8-3-9-15-23/h1-15,24-25,31H,16-20,30H2,(H,32,34)(H,33,36)/t24-,25-/m0/s1. The van der Waals surface area contributed by atoms with Gasteiger partial charge in [0.1, 0.15) is 25.3 Å². The second-order valence-corrected chi connectivity index (χ2v) is 8.70. The highest BCUT2D eigenvalue weighted by atomic mass is 16.5. The number of esters is 2. The normalized spacial score (nSPS) is 12.0. The van der Waals surface area contributed by atoms with E-state index in [-0.39, 0.29) is 26.2 Å². The molecule has 0 aliphatic heterocycles. The van der Waals surface area contributed by atoms with Crippen LogP contribution in [0.3, 0.4) is 0 Å². The van der Waals surface area contributed by atoms with Crippen molar-refractivity contribution >= 4 is 23.8 Å². The quantitative estimate of drug-likeness (QED) is 0.139. The highest BCUT2D eigenvalue weighted by Crippen LogP contribution is 2.09. The number of rotatable bonds is 14. The summed E-state index contributed by atoms with van der Waals surface area (Å²) in [7, 11) is 0. The summed E-state index contributed by atoms with van der Waals surface area (Å²) >= 11 is 0. The number of carbonyl (C=O) groups is 4. The Morgan fingerprint density at radius 1 is 0.667 bits per heavy atom. The van der Waals surface area contributed by atoms with Crippen LogP contribution in [0.25, 0.3) is 0 Å². The van der Waals surface area contributed by atoms with Crippen LogP contribution in [0.15, 0.2) is 91.0 Å². The summed E-state index contributed by atoms with van der Waals surface area (Å²) in [6, 6.07) is 24.9. The number of carbonyl (C=O) groups excluding carboxylic acids is 4. The molecule has 0 saturated carbocycles. The lowest BCUT2D eigenvalue weighted by Gasteiger charge is -2.22. The van der Waals surface area contributed by atoms with Gasteiger partial charge in [-0.15, -0.1) is 0 Å². The summed E-state index contributed by atoms with van der Waals surface area (Å²) in [5, 5.41) is 5.11. The average molecular weight is 533 g/mol. The van der Waals surface area contributed by atoms with Gasteiger partial charge in [-0.05, 0) is 16.7 Å². The Hall–Kier alpha value is -4.54. The molecular formula is C29H32N4O6. The fraction of sp³-hybridized carbons (Fsp3) is 0.241. The van der Waals surface area contributed by atoms with Gasteiger partial charge in [-0.3, -0.25) is 25.7 Å². The van der Waals surface area contributed by atoms with E-state index in [0.29, 0.717) is 0 Å². The van der Waals surface area contributed by atoms with Gasteiger partial charge < -0.3 is 20.1 Å². The van der Waals surface area contributed by atoms with E-state index in [9.17, 15) is 19.2 Å². The molecule has 0 unspecified atom stereocenters. The van der Waals surface area contributed by atoms with E-state index >= 15 is 0 Å². The lowest BCUT2D eigenvalue weighted by molar-refractivity contribution is -0.150. The van der Waals surface area contributed by atoms with Crippen molar-refractivity contribution in [2.24, 2.45) is 5.84 Å². The average Bonchev–Trinajstić information content (AvgIpc) is 2.96. The molecule has 0 bridgehead atoms. The van der Waals surface area contributed by atoms with Crippen LogP contribution in [-0.2, 0) is 48.3 Å². The molecule has 2 amide bonds. The first kappa shape index (κ1) is 29.0. The molecule has 3 aromatic rings. The summed E-state index contributed by atoms with van der Waals surface area (Å²) in [4.78, 5) is 51.1. The summed E-state index contributed by atoms with van der Waals surface area (Å²) in [6.07, 6.45) is -0.310. The molecule has 204 valence electrons. The molecule has 0 aromatic heterocycles. The van der Waals surface area contributed by atoms with Crippen molar-refractivity contribution in [2.45, 2.75) is 38.1 Å². The summed E-state index contributed by atoms with van der Waals surface area (Å²) in [6.45, 7) is -0.251. The highest BCUT2D eigenvalue weighted by molar-refractivity contribution is 5.93. The van der Waals surface area contributed by atoms with Crippen molar-refractivity contribution in [2.75, 3.05) is 6.54 Å². The van der Waals surface area contributed by atoms with Crippen LogP contribution in [0.2, 0.25) is 0 Å². The molecule has 5 N–H and O–H groups in total. The first-order chi connectivity index (χ1) is 18.9. The van der Waals surface area contributed by atoms with Gasteiger partial charge in [0.2, 0.25) is 11.8 Å². The Labute approximate surface area is 226 Å². The topological polar surface area (TPSA) is 149 Å². The number of hydrazine groups is 1. The van der Waals surface area contributed by atoms with Crippen LogP contribution in [0.5, 0.6) is 0 Å². The number of nitrogens with one attached hydrogen (secondary N) is 3.